The van der Waals surface area contributed by atoms with Crippen molar-refractivity contribution < 1.29 is 0 Å². The second-order valence-corrected chi connectivity index (χ2v) is 9.21. The molecule has 2 nitrogen and oxygen atoms in total. The lowest BCUT2D eigenvalue weighted by molar-refractivity contribution is -0.158. The normalized spacial score (nSPS) is 47.7. The largest absolute Gasteiger partial charge is 0.271 e. The third-order valence-electron chi connectivity index (χ3n) is 6.71. The summed E-state index contributed by atoms with van der Waals surface area (Å²) in [5, 5.41) is 0. The van der Waals surface area contributed by atoms with Crippen LogP contribution in [0.15, 0.2) is 0 Å². The van der Waals surface area contributed by atoms with Gasteiger partial charge in [-0.2, -0.15) is 0 Å². The molecule has 4 aliphatic rings. The van der Waals surface area contributed by atoms with E-state index in [1.54, 1.807) is 0 Å². The summed E-state index contributed by atoms with van der Waals surface area (Å²) in [7, 11) is 0. The Morgan fingerprint density at radius 2 is 1.70 bits per heavy atom. The second-order valence-electron chi connectivity index (χ2n) is 9.21. The molecule has 0 aromatic heterocycles. The van der Waals surface area contributed by atoms with Crippen LogP contribution in [-0.4, -0.2) is 6.04 Å². The van der Waals surface area contributed by atoms with E-state index < -0.39 is 0 Å². The minimum Gasteiger partial charge on any atom is -0.271 e. The lowest BCUT2D eigenvalue weighted by atomic mass is 9.39. The van der Waals surface area contributed by atoms with Gasteiger partial charge in [0.15, 0.2) is 0 Å². The standard InChI is InChI=1S/C18H34N2/c1-4-5-6-7-15(20-19)18-10-14-8-16(2,12-18)11-17(3,9-14)13-18/h14-15,20H,4-13,19H2,1-3H3. The summed E-state index contributed by atoms with van der Waals surface area (Å²) < 4.78 is 0. The van der Waals surface area contributed by atoms with Gasteiger partial charge in [-0.05, 0) is 67.1 Å². The van der Waals surface area contributed by atoms with Gasteiger partial charge in [0.1, 0.15) is 0 Å². The number of hydrogen-bond donors (Lipinski definition) is 2. The highest BCUT2D eigenvalue weighted by Gasteiger charge is 2.61. The summed E-state index contributed by atoms with van der Waals surface area (Å²) in [6.07, 6.45) is 14.0. The average Bonchev–Trinajstić information content (AvgIpc) is 2.29. The molecule has 3 N–H and O–H groups in total. The molecule has 0 aromatic rings. The fourth-order valence-electron chi connectivity index (χ4n) is 7.09. The summed E-state index contributed by atoms with van der Waals surface area (Å²) in [5.41, 5.74) is 4.97. The lowest BCUT2D eigenvalue weighted by Gasteiger charge is -2.67. The molecule has 20 heavy (non-hydrogen) atoms. The van der Waals surface area contributed by atoms with Gasteiger partial charge in [0.25, 0.3) is 0 Å². The number of rotatable bonds is 6. The van der Waals surface area contributed by atoms with Crippen LogP contribution in [-0.2, 0) is 0 Å². The summed E-state index contributed by atoms with van der Waals surface area (Å²) in [6.45, 7) is 7.41. The van der Waals surface area contributed by atoms with Crippen molar-refractivity contribution in [2.75, 3.05) is 0 Å². The molecular weight excluding hydrogens is 244 g/mol. The number of nitrogens with two attached hydrogens (primary N) is 1. The molecule has 4 fully saturated rings. The maximum Gasteiger partial charge on any atom is 0.0267 e. The van der Waals surface area contributed by atoms with Crippen LogP contribution in [0.4, 0.5) is 0 Å². The number of nitrogens with one attached hydrogen (secondary N) is 1. The van der Waals surface area contributed by atoms with Gasteiger partial charge in [-0.25, -0.2) is 0 Å². The zero-order valence-electron chi connectivity index (χ0n) is 13.8. The third-order valence-corrected chi connectivity index (χ3v) is 6.71. The SMILES string of the molecule is CCCCCC(NN)C12CC3CC(C)(CC(C)(C3)C1)C2. The van der Waals surface area contributed by atoms with Crippen molar-refractivity contribution in [3.05, 3.63) is 0 Å². The van der Waals surface area contributed by atoms with E-state index in [0.717, 1.165) is 5.92 Å². The molecule has 2 heteroatoms. The highest BCUT2D eigenvalue weighted by Crippen LogP contribution is 2.70. The van der Waals surface area contributed by atoms with Gasteiger partial charge in [0, 0.05) is 6.04 Å². The molecule has 3 atom stereocenters. The van der Waals surface area contributed by atoms with Crippen molar-refractivity contribution in [2.45, 2.75) is 91.0 Å². The van der Waals surface area contributed by atoms with Crippen molar-refractivity contribution in [2.24, 2.45) is 28.0 Å². The fraction of sp³-hybridized carbons (Fsp3) is 1.00. The van der Waals surface area contributed by atoms with Crippen molar-refractivity contribution in [3.63, 3.8) is 0 Å². The predicted molar refractivity (Wildman–Crippen MR) is 85.1 cm³/mol. The molecule has 0 saturated heterocycles. The van der Waals surface area contributed by atoms with E-state index in [0.29, 0.717) is 22.3 Å². The number of hydrogen-bond acceptors (Lipinski definition) is 2. The zero-order chi connectivity index (χ0) is 14.4. The van der Waals surface area contributed by atoms with Crippen LogP contribution in [0.5, 0.6) is 0 Å². The van der Waals surface area contributed by atoms with E-state index in [9.17, 15) is 0 Å². The minimum absolute atomic E-state index is 0.505. The van der Waals surface area contributed by atoms with E-state index in [2.05, 4.69) is 26.2 Å². The monoisotopic (exact) mass is 278 g/mol. The third kappa shape index (κ3) is 2.43. The maximum absolute atomic E-state index is 6.01. The van der Waals surface area contributed by atoms with Gasteiger partial charge in [-0.15, -0.1) is 0 Å². The molecule has 4 aliphatic carbocycles. The summed E-state index contributed by atoms with van der Waals surface area (Å²) in [4.78, 5) is 0. The minimum atomic E-state index is 0.505. The predicted octanol–water partition coefficient (Wildman–Crippen LogP) is 4.40. The van der Waals surface area contributed by atoms with Gasteiger partial charge < -0.3 is 0 Å². The first-order valence-electron chi connectivity index (χ1n) is 8.89. The Kier molecular flexibility index (Phi) is 3.70. The van der Waals surface area contributed by atoms with E-state index in [-0.39, 0.29) is 0 Å². The lowest BCUT2D eigenvalue weighted by Crippen LogP contribution is -2.62. The Balaban J connectivity index is 1.80. The van der Waals surface area contributed by atoms with Crippen LogP contribution in [0.25, 0.3) is 0 Å². The van der Waals surface area contributed by atoms with Gasteiger partial charge in [-0.3, -0.25) is 11.3 Å². The van der Waals surface area contributed by atoms with Gasteiger partial charge in [-0.1, -0.05) is 40.0 Å². The molecule has 0 heterocycles. The molecule has 116 valence electrons. The molecule has 0 spiro atoms. The highest BCUT2D eigenvalue weighted by molar-refractivity contribution is 5.13. The summed E-state index contributed by atoms with van der Waals surface area (Å²) in [5.74, 6) is 6.99. The van der Waals surface area contributed by atoms with Crippen molar-refractivity contribution in [1.29, 1.82) is 0 Å². The van der Waals surface area contributed by atoms with Crippen LogP contribution in [0.2, 0.25) is 0 Å². The van der Waals surface area contributed by atoms with Crippen molar-refractivity contribution in [3.8, 4) is 0 Å². The van der Waals surface area contributed by atoms with Crippen LogP contribution >= 0.6 is 0 Å². The van der Waals surface area contributed by atoms with E-state index in [1.165, 1.54) is 64.2 Å². The summed E-state index contributed by atoms with van der Waals surface area (Å²) in [6, 6.07) is 0.552. The molecule has 4 bridgehead atoms. The first-order chi connectivity index (χ1) is 9.43. The molecule has 0 aromatic carbocycles. The Bertz CT molecular complexity index is 346. The smallest absolute Gasteiger partial charge is 0.0267 e. The summed E-state index contributed by atoms with van der Waals surface area (Å²) >= 11 is 0. The quantitative estimate of drug-likeness (QED) is 0.429. The molecule has 0 aliphatic heterocycles. The van der Waals surface area contributed by atoms with Crippen LogP contribution < -0.4 is 11.3 Å². The van der Waals surface area contributed by atoms with Crippen LogP contribution in [0.3, 0.4) is 0 Å². The first-order valence-corrected chi connectivity index (χ1v) is 8.89. The average molecular weight is 278 g/mol. The number of hydrazine groups is 1. The fourth-order valence-corrected chi connectivity index (χ4v) is 7.09. The topological polar surface area (TPSA) is 38.0 Å². The van der Waals surface area contributed by atoms with Crippen molar-refractivity contribution >= 4 is 0 Å². The van der Waals surface area contributed by atoms with E-state index >= 15 is 0 Å². The molecular formula is C18H34N2. The molecule has 3 unspecified atom stereocenters. The molecule has 4 rings (SSSR count). The zero-order valence-corrected chi connectivity index (χ0v) is 13.8. The molecule has 4 saturated carbocycles. The van der Waals surface area contributed by atoms with E-state index in [1.807, 2.05) is 0 Å². The Hall–Kier alpha value is -0.0800. The number of unbranched alkanes of at least 4 members (excludes halogenated alkanes) is 2. The first kappa shape index (κ1) is 14.8. The van der Waals surface area contributed by atoms with E-state index in [4.69, 9.17) is 5.84 Å². The molecule has 0 radical (unpaired) electrons. The van der Waals surface area contributed by atoms with Crippen LogP contribution in [0, 0.1) is 22.2 Å². The van der Waals surface area contributed by atoms with Crippen molar-refractivity contribution in [1.82, 2.24) is 5.43 Å². The van der Waals surface area contributed by atoms with Gasteiger partial charge in [0.05, 0.1) is 0 Å². The Morgan fingerprint density at radius 3 is 2.20 bits per heavy atom. The highest BCUT2D eigenvalue weighted by atomic mass is 15.2. The van der Waals surface area contributed by atoms with Crippen LogP contribution in [0.1, 0.15) is 85.0 Å². The maximum atomic E-state index is 6.01. The second kappa shape index (κ2) is 4.98. The van der Waals surface area contributed by atoms with Gasteiger partial charge in [0.2, 0.25) is 0 Å². The Labute approximate surface area is 125 Å². The Morgan fingerprint density at radius 1 is 1.05 bits per heavy atom. The molecule has 0 amide bonds. The van der Waals surface area contributed by atoms with Gasteiger partial charge >= 0.3 is 0 Å².